The van der Waals surface area contributed by atoms with E-state index in [4.69, 9.17) is 18.9 Å². The van der Waals surface area contributed by atoms with E-state index in [1.54, 1.807) is 7.11 Å². The Morgan fingerprint density at radius 1 is 0.980 bits per heavy atom. The van der Waals surface area contributed by atoms with E-state index < -0.39 is 11.5 Å². The fourth-order valence-corrected chi connectivity index (χ4v) is 7.49. The minimum atomic E-state index is -0.503. The summed E-state index contributed by atoms with van der Waals surface area (Å²) < 4.78 is 24.6. The lowest BCUT2D eigenvalue weighted by molar-refractivity contribution is -0.149. The van der Waals surface area contributed by atoms with E-state index in [1.165, 1.54) is 0 Å². The molecule has 1 aliphatic carbocycles. The van der Waals surface area contributed by atoms with Crippen LogP contribution in [0.3, 0.4) is 0 Å². The Hall–Kier alpha value is -4.58. The van der Waals surface area contributed by atoms with Crippen molar-refractivity contribution in [1.29, 1.82) is 0 Å². The fraction of sp³-hybridized carbons (Fsp3) is 0.308. The SMILES string of the molecule is COc1ccc2c3c1O[C@@H]1C[C@H](OC(=O)CCCC(=O)OCc4ccc(I)cc4)C=C[C@@]31CCN(C(=O)Nc1cccc3ccccc13)C2. The van der Waals surface area contributed by atoms with E-state index in [0.29, 0.717) is 43.9 Å². The third-order valence-electron chi connectivity index (χ3n) is 9.62. The standard InChI is InChI=1S/C39H37IN2O7/c1-46-32-17-14-27-23-42(38(45)41-31-9-4-7-26-6-2-3-8-30(26)31)21-20-39-19-18-29(22-33(39)49-37(32)36(27)39)48-35(44)11-5-10-34(43)47-24-25-12-15-28(40)16-13-25/h2-4,6-9,12-19,29,33H,5,10-11,20-24H2,1H3,(H,41,45)/t29-,33-,39+/m1/s1. The third-order valence-corrected chi connectivity index (χ3v) is 10.3. The van der Waals surface area contributed by atoms with Crippen LogP contribution in [0.1, 0.15) is 48.8 Å². The molecule has 49 heavy (non-hydrogen) atoms. The average molecular weight is 773 g/mol. The van der Waals surface area contributed by atoms with E-state index in [0.717, 1.165) is 36.7 Å². The van der Waals surface area contributed by atoms with Gasteiger partial charge in [0.2, 0.25) is 0 Å². The second kappa shape index (κ2) is 14.1. The van der Waals surface area contributed by atoms with Crippen molar-refractivity contribution in [1.82, 2.24) is 4.90 Å². The third kappa shape index (κ3) is 6.83. The number of rotatable bonds is 9. The number of hydrogen-bond donors (Lipinski definition) is 1. The summed E-state index contributed by atoms with van der Waals surface area (Å²) in [5.74, 6) is 0.599. The van der Waals surface area contributed by atoms with Crippen LogP contribution in [-0.2, 0) is 37.6 Å². The molecule has 0 aromatic heterocycles. The van der Waals surface area contributed by atoms with Crippen molar-refractivity contribution in [2.45, 2.75) is 62.9 Å². The number of carbonyl (C=O) groups excluding carboxylic acids is 3. The molecule has 0 radical (unpaired) electrons. The molecule has 2 aliphatic heterocycles. The number of ether oxygens (including phenoxy) is 4. The van der Waals surface area contributed by atoms with Gasteiger partial charge in [0, 0.05) is 46.9 Å². The highest BCUT2D eigenvalue weighted by Gasteiger charge is 2.53. The molecule has 3 atom stereocenters. The van der Waals surface area contributed by atoms with Gasteiger partial charge in [-0.3, -0.25) is 9.59 Å². The quantitative estimate of drug-likeness (QED) is 0.106. The van der Waals surface area contributed by atoms with Crippen molar-refractivity contribution in [2.75, 3.05) is 19.0 Å². The Balaban J connectivity index is 1.000. The maximum atomic E-state index is 13.7. The van der Waals surface area contributed by atoms with Crippen molar-refractivity contribution < 1.29 is 33.3 Å². The Kier molecular flexibility index (Phi) is 9.48. The van der Waals surface area contributed by atoms with Gasteiger partial charge in [0.15, 0.2) is 11.5 Å². The van der Waals surface area contributed by atoms with Gasteiger partial charge in [-0.15, -0.1) is 0 Å². The Labute approximate surface area is 298 Å². The second-order valence-corrected chi connectivity index (χ2v) is 13.9. The summed E-state index contributed by atoms with van der Waals surface area (Å²) in [6, 6.07) is 25.4. The van der Waals surface area contributed by atoms with Crippen molar-refractivity contribution in [2.24, 2.45) is 0 Å². The maximum absolute atomic E-state index is 13.7. The van der Waals surface area contributed by atoms with E-state index >= 15 is 0 Å². The predicted molar refractivity (Wildman–Crippen MR) is 194 cm³/mol. The average Bonchev–Trinajstić information content (AvgIpc) is 3.34. The molecule has 1 spiro atoms. The lowest BCUT2D eigenvalue weighted by Gasteiger charge is -2.36. The van der Waals surface area contributed by atoms with Crippen LogP contribution in [0.25, 0.3) is 10.8 Å². The zero-order valence-electron chi connectivity index (χ0n) is 27.2. The zero-order valence-corrected chi connectivity index (χ0v) is 29.3. The number of halogens is 1. The first-order valence-electron chi connectivity index (χ1n) is 16.5. The molecule has 0 fully saturated rings. The van der Waals surface area contributed by atoms with Gasteiger partial charge in [-0.25, -0.2) is 4.79 Å². The molecule has 4 aromatic rings. The van der Waals surface area contributed by atoms with Gasteiger partial charge in [0.25, 0.3) is 0 Å². The van der Waals surface area contributed by atoms with Crippen molar-refractivity contribution in [3.8, 4) is 11.5 Å². The summed E-state index contributed by atoms with van der Waals surface area (Å²) in [5, 5.41) is 5.19. The number of esters is 2. The van der Waals surface area contributed by atoms with Gasteiger partial charge in [-0.2, -0.15) is 0 Å². The molecule has 0 saturated carbocycles. The largest absolute Gasteiger partial charge is 0.493 e. The summed E-state index contributed by atoms with van der Waals surface area (Å²) in [6.45, 7) is 1.12. The predicted octanol–water partition coefficient (Wildman–Crippen LogP) is 7.68. The van der Waals surface area contributed by atoms with Gasteiger partial charge >= 0.3 is 18.0 Å². The van der Waals surface area contributed by atoms with Crippen molar-refractivity contribution in [3.63, 3.8) is 0 Å². The number of benzene rings is 4. The van der Waals surface area contributed by atoms with Crippen molar-refractivity contribution >= 4 is 57.0 Å². The number of fused-ring (bicyclic) bond motifs is 1. The van der Waals surface area contributed by atoms with Gasteiger partial charge in [-0.05, 0) is 82.3 Å². The topological polar surface area (TPSA) is 103 Å². The summed E-state index contributed by atoms with van der Waals surface area (Å²) in [7, 11) is 1.62. The second-order valence-electron chi connectivity index (χ2n) is 12.7. The number of carbonyl (C=O) groups is 3. The van der Waals surface area contributed by atoms with Crippen LogP contribution in [0.4, 0.5) is 10.5 Å². The molecule has 9 nitrogen and oxygen atoms in total. The summed E-state index contributed by atoms with van der Waals surface area (Å²) >= 11 is 2.23. The smallest absolute Gasteiger partial charge is 0.322 e. The van der Waals surface area contributed by atoms with Crippen molar-refractivity contribution in [3.05, 3.63) is 111 Å². The molecule has 7 rings (SSSR count). The number of anilines is 1. The van der Waals surface area contributed by atoms with Crippen LogP contribution in [0, 0.1) is 3.57 Å². The minimum Gasteiger partial charge on any atom is -0.493 e. The number of nitrogens with zero attached hydrogens (tertiary/aromatic N) is 1. The lowest BCUT2D eigenvalue weighted by Crippen LogP contribution is -2.44. The highest BCUT2D eigenvalue weighted by atomic mass is 127. The molecular weight excluding hydrogens is 735 g/mol. The Morgan fingerprint density at radius 3 is 2.61 bits per heavy atom. The molecule has 252 valence electrons. The van der Waals surface area contributed by atoms with Crippen LogP contribution in [0.15, 0.2) is 91.0 Å². The van der Waals surface area contributed by atoms with E-state index in [-0.39, 0.29) is 43.5 Å². The maximum Gasteiger partial charge on any atom is 0.322 e. The molecule has 0 saturated heterocycles. The summed E-state index contributed by atoms with van der Waals surface area (Å²) in [4.78, 5) is 40.6. The zero-order chi connectivity index (χ0) is 34.0. The van der Waals surface area contributed by atoms with Gasteiger partial charge in [-0.1, -0.05) is 60.7 Å². The highest BCUT2D eigenvalue weighted by Crippen LogP contribution is 2.56. The van der Waals surface area contributed by atoms with E-state index in [2.05, 4.69) is 34.0 Å². The Bertz CT molecular complexity index is 1920. The van der Waals surface area contributed by atoms with Crippen LogP contribution < -0.4 is 14.8 Å². The molecular formula is C39H37IN2O7. The highest BCUT2D eigenvalue weighted by molar-refractivity contribution is 14.1. The van der Waals surface area contributed by atoms with Crippen LogP contribution >= 0.6 is 22.6 Å². The summed E-state index contributed by atoms with van der Waals surface area (Å²) in [5.41, 5.74) is 3.21. The fourth-order valence-electron chi connectivity index (χ4n) is 7.14. The number of methoxy groups -OCH3 is 1. The number of hydrogen-bond acceptors (Lipinski definition) is 7. The molecule has 2 heterocycles. The number of urea groups is 1. The first-order valence-corrected chi connectivity index (χ1v) is 17.6. The molecule has 2 amide bonds. The molecule has 0 unspecified atom stereocenters. The first kappa shape index (κ1) is 32.9. The van der Waals surface area contributed by atoms with Gasteiger partial charge in [0.1, 0.15) is 18.8 Å². The molecule has 4 aromatic carbocycles. The van der Waals surface area contributed by atoms with E-state index in [1.807, 2.05) is 89.8 Å². The molecule has 0 bridgehead atoms. The minimum absolute atomic E-state index is 0.110. The van der Waals surface area contributed by atoms with Crippen LogP contribution in [-0.4, -0.2) is 48.7 Å². The Morgan fingerprint density at radius 2 is 1.78 bits per heavy atom. The van der Waals surface area contributed by atoms with Gasteiger partial charge in [0.05, 0.1) is 18.2 Å². The normalized spacial score (nSPS) is 20.4. The number of amides is 2. The van der Waals surface area contributed by atoms with Gasteiger partial charge < -0.3 is 29.2 Å². The molecule has 10 heteroatoms. The van der Waals surface area contributed by atoms with Crippen LogP contribution in [0.5, 0.6) is 11.5 Å². The summed E-state index contributed by atoms with van der Waals surface area (Å²) in [6.07, 6.45) is 4.93. The first-order chi connectivity index (χ1) is 23.8. The molecule has 1 N–H and O–H groups in total. The van der Waals surface area contributed by atoms with E-state index in [9.17, 15) is 14.4 Å². The number of nitrogens with one attached hydrogen (secondary N) is 1. The monoisotopic (exact) mass is 772 g/mol. The van der Waals surface area contributed by atoms with Crippen LogP contribution in [0.2, 0.25) is 0 Å². The molecule has 3 aliphatic rings. The lowest BCUT2D eigenvalue weighted by atomic mass is 9.69.